The Labute approximate surface area is 154 Å². The van der Waals surface area contributed by atoms with Crippen molar-refractivity contribution in [3.05, 3.63) is 58.4 Å². The highest BCUT2D eigenvalue weighted by Crippen LogP contribution is 2.29. The van der Waals surface area contributed by atoms with Gasteiger partial charge in [-0.1, -0.05) is 18.2 Å². The number of imidazole rings is 1. The third-order valence-electron chi connectivity index (χ3n) is 4.84. The highest BCUT2D eigenvalue weighted by atomic mass is 16.5. The number of carbonyl (C=O) groups excluding carboxylic acids is 1. The van der Waals surface area contributed by atoms with Gasteiger partial charge in [0.15, 0.2) is 0 Å². The Morgan fingerprint density at radius 1 is 1.15 bits per heavy atom. The predicted octanol–water partition coefficient (Wildman–Crippen LogP) is 3.78. The van der Waals surface area contributed by atoms with Crippen molar-refractivity contribution in [2.45, 2.75) is 27.4 Å². The van der Waals surface area contributed by atoms with Crippen LogP contribution in [0.15, 0.2) is 30.3 Å². The molecule has 0 aliphatic carbocycles. The van der Waals surface area contributed by atoms with Crippen molar-refractivity contribution in [2.75, 3.05) is 14.1 Å². The summed E-state index contributed by atoms with van der Waals surface area (Å²) in [6.07, 6.45) is 0. The number of hydrogen-bond donors (Lipinski definition) is 0. The van der Waals surface area contributed by atoms with Crippen LogP contribution in [-0.4, -0.2) is 34.5 Å². The van der Waals surface area contributed by atoms with Gasteiger partial charge < -0.3 is 14.2 Å². The van der Waals surface area contributed by atoms with Crippen molar-refractivity contribution in [1.29, 1.82) is 0 Å². The van der Waals surface area contributed by atoms with Crippen molar-refractivity contribution in [1.82, 2.24) is 14.5 Å². The molecule has 0 fully saturated rings. The van der Waals surface area contributed by atoms with E-state index in [0.717, 1.165) is 22.4 Å². The summed E-state index contributed by atoms with van der Waals surface area (Å²) >= 11 is 0. The van der Waals surface area contributed by atoms with E-state index < -0.39 is 0 Å². The lowest BCUT2D eigenvalue weighted by Gasteiger charge is -2.15. The van der Waals surface area contributed by atoms with Crippen LogP contribution in [-0.2, 0) is 13.7 Å². The quantitative estimate of drug-likeness (QED) is 0.719. The second kappa shape index (κ2) is 6.83. The second-order valence-corrected chi connectivity index (χ2v) is 6.92. The molecule has 0 saturated carbocycles. The zero-order chi connectivity index (χ0) is 19.0. The maximum absolute atomic E-state index is 12.5. The molecule has 136 valence electrons. The number of aryl methyl sites for hydroxylation is 4. The predicted molar refractivity (Wildman–Crippen MR) is 104 cm³/mol. The van der Waals surface area contributed by atoms with E-state index in [0.29, 0.717) is 17.9 Å². The molecule has 5 nitrogen and oxygen atoms in total. The van der Waals surface area contributed by atoms with E-state index in [-0.39, 0.29) is 5.91 Å². The van der Waals surface area contributed by atoms with Gasteiger partial charge in [-0.2, -0.15) is 0 Å². The Morgan fingerprint density at radius 2 is 1.81 bits per heavy atom. The number of benzene rings is 2. The number of ether oxygens (including phenoxy) is 1. The van der Waals surface area contributed by atoms with Gasteiger partial charge >= 0.3 is 0 Å². The Balaban J connectivity index is 2.06. The molecule has 26 heavy (non-hydrogen) atoms. The van der Waals surface area contributed by atoms with Gasteiger partial charge in [0.25, 0.3) is 5.91 Å². The van der Waals surface area contributed by atoms with E-state index in [1.54, 1.807) is 25.1 Å². The van der Waals surface area contributed by atoms with E-state index in [1.165, 1.54) is 11.1 Å². The van der Waals surface area contributed by atoms with Gasteiger partial charge in [0.2, 0.25) is 0 Å². The summed E-state index contributed by atoms with van der Waals surface area (Å²) in [5.41, 5.74) is 5.83. The van der Waals surface area contributed by atoms with Crippen LogP contribution in [0.5, 0.6) is 5.75 Å². The van der Waals surface area contributed by atoms with Crippen molar-refractivity contribution >= 4 is 16.9 Å². The van der Waals surface area contributed by atoms with Gasteiger partial charge in [-0.15, -0.1) is 0 Å². The highest BCUT2D eigenvalue weighted by Gasteiger charge is 2.17. The number of hydrogen-bond acceptors (Lipinski definition) is 3. The molecule has 0 aliphatic heterocycles. The average molecular weight is 351 g/mol. The fraction of sp³-hybridized carbons (Fsp3) is 0.333. The van der Waals surface area contributed by atoms with Gasteiger partial charge in [0.05, 0.1) is 5.52 Å². The maximum Gasteiger partial charge on any atom is 0.253 e. The van der Waals surface area contributed by atoms with E-state index >= 15 is 0 Å². The summed E-state index contributed by atoms with van der Waals surface area (Å²) in [6, 6.07) is 9.88. The second-order valence-electron chi connectivity index (χ2n) is 6.92. The van der Waals surface area contributed by atoms with Crippen LogP contribution >= 0.6 is 0 Å². The van der Waals surface area contributed by atoms with Crippen molar-refractivity contribution in [2.24, 2.45) is 7.05 Å². The average Bonchev–Trinajstić information content (AvgIpc) is 2.88. The number of carbonyl (C=O) groups is 1. The normalized spacial score (nSPS) is 11.0. The molecule has 0 radical (unpaired) electrons. The Bertz CT molecular complexity index is 966. The topological polar surface area (TPSA) is 47.4 Å². The van der Waals surface area contributed by atoms with Crippen LogP contribution in [0.25, 0.3) is 11.0 Å². The summed E-state index contributed by atoms with van der Waals surface area (Å²) in [5, 5.41) is 0. The molecule has 2 aromatic carbocycles. The largest absolute Gasteiger partial charge is 0.487 e. The van der Waals surface area contributed by atoms with Gasteiger partial charge in [-0.3, -0.25) is 4.79 Å². The third kappa shape index (κ3) is 3.17. The van der Waals surface area contributed by atoms with E-state index in [9.17, 15) is 4.79 Å². The van der Waals surface area contributed by atoms with E-state index in [4.69, 9.17) is 4.74 Å². The third-order valence-corrected chi connectivity index (χ3v) is 4.84. The lowest BCUT2D eigenvalue weighted by molar-refractivity contribution is 0.0827. The molecular weight excluding hydrogens is 326 g/mol. The fourth-order valence-electron chi connectivity index (χ4n) is 3.09. The van der Waals surface area contributed by atoms with Crippen LogP contribution in [0.2, 0.25) is 0 Å². The monoisotopic (exact) mass is 351 g/mol. The van der Waals surface area contributed by atoms with Crippen molar-refractivity contribution in [3.8, 4) is 5.75 Å². The molecule has 0 N–H and O–H groups in total. The van der Waals surface area contributed by atoms with Crippen LogP contribution in [0.4, 0.5) is 0 Å². The molecule has 1 amide bonds. The first kappa shape index (κ1) is 18.0. The van der Waals surface area contributed by atoms with Crippen LogP contribution in [0, 0.1) is 20.8 Å². The molecule has 0 unspecified atom stereocenters. The number of rotatable bonds is 4. The molecule has 3 aromatic rings. The summed E-state index contributed by atoms with van der Waals surface area (Å²) in [7, 11) is 5.44. The minimum absolute atomic E-state index is 0.0531. The van der Waals surface area contributed by atoms with E-state index in [2.05, 4.69) is 31.0 Å². The van der Waals surface area contributed by atoms with Gasteiger partial charge in [0.1, 0.15) is 23.7 Å². The fourth-order valence-corrected chi connectivity index (χ4v) is 3.09. The summed E-state index contributed by atoms with van der Waals surface area (Å²) in [4.78, 5) is 18.7. The molecule has 1 aromatic heterocycles. The highest BCUT2D eigenvalue weighted by molar-refractivity contribution is 5.99. The molecule has 3 rings (SSSR count). The zero-order valence-corrected chi connectivity index (χ0v) is 16.3. The first-order valence-electron chi connectivity index (χ1n) is 8.66. The molecule has 0 saturated heterocycles. The molecule has 1 heterocycles. The van der Waals surface area contributed by atoms with Crippen LogP contribution in [0.1, 0.15) is 32.9 Å². The zero-order valence-electron chi connectivity index (χ0n) is 16.3. The lowest BCUT2D eigenvalue weighted by atomic mass is 10.0. The summed E-state index contributed by atoms with van der Waals surface area (Å²) in [6.45, 7) is 6.56. The molecule has 0 aliphatic rings. The van der Waals surface area contributed by atoms with Gasteiger partial charge in [0, 0.05) is 26.7 Å². The molecule has 5 heteroatoms. The SMILES string of the molecule is Cc1cccc(C)c1COc1cc(C(=O)N(C)C)cc2c1nc(C)n2C. The first-order valence-corrected chi connectivity index (χ1v) is 8.66. The number of fused-ring (bicyclic) bond motifs is 1. The van der Waals surface area contributed by atoms with Crippen molar-refractivity contribution < 1.29 is 9.53 Å². The minimum Gasteiger partial charge on any atom is -0.487 e. The number of amides is 1. The Morgan fingerprint density at radius 3 is 2.42 bits per heavy atom. The van der Waals surface area contributed by atoms with E-state index in [1.807, 2.05) is 30.7 Å². The smallest absolute Gasteiger partial charge is 0.253 e. The van der Waals surface area contributed by atoms with Crippen molar-refractivity contribution in [3.63, 3.8) is 0 Å². The van der Waals surface area contributed by atoms with Crippen LogP contribution < -0.4 is 4.74 Å². The molecule has 0 spiro atoms. The standard InChI is InChI=1S/C21H25N3O2/c1-13-8-7-9-14(2)17(13)12-26-19-11-16(21(25)23(4)5)10-18-20(19)22-15(3)24(18)6/h7-11H,12H2,1-6H3. The minimum atomic E-state index is -0.0531. The summed E-state index contributed by atoms with van der Waals surface area (Å²) < 4.78 is 8.14. The molecular formula is C21H25N3O2. The number of nitrogens with zero attached hydrogens (tertiary/aromatic N) is 3. The number of aromatic nitrogens is 2. The van der Waals surface area contributed by atoms with Crippen LogP contribution in [0.3, 0.4) is 0 Å². The first-order chi connectivity index (χ1) is 12.3. The summed E-state index contributed by atoms with van der Waals surface area (Å²) in [5.74, 6) is 1.47. The Hall–Kier alpha value is -2.82. The maximum atomic E-state index is 12.5. The Kier molecular flexibility index (Phi) is 4.72. The molecule has 0 bridgehead atoms. The van der Waals surface area contributed by atoms with Gasteiger partial charge in [-0.05, 0) is 49.6 Å². The molecule has 0 atom stereocenters. The van der Waals surface area contributed by atoms with Gasteiger partial charge in [-0.25, -0.2) is 4.98 Å². The lowest BCUT2D eigenvalue weighted by Crippen LogP contribution is -2.21.